The van der Waals surface area contributed by atoms with Gasteiger partial charge in [0.15, 0.2) is 0 Å². The molecular formula is C16H31N3O2. The van der Waals surface area contributed by atoms with E-state index in [0.29, 0.717) is 24.7 Å². The van der Waals surface area contributed by atoms with Gasteiger partial charge in [-0.15, -0.1) is 0 Å². The third kappa shape index (κ3) is 4.85. The van der Waals surface area contributed by atoms with E-state index in [1.807, 2.05) is 20.8 Å². The van der Waals surface area contributed by atoms with Crippen molar-refractivity contribution in [3.63, 3.8) is 0 Å². The van der Waals surface area contributed by atoms with E-state index in [9.17, 15) is 4.79 Å². The van der Waals surface area contributed by atoms with Gasteiger partial charge in [0, 0.05) is 31.2 Å². The number of nitrogens with zero attached hydrogens (tertiary/aromatic N) is 1. The van der Waals surface area contributed by atoms with Crippen LogP contribution in [0.5, 0.6) is 0 Å². The van der Waals surface area contributed by atoms with Crippen molar-refractivity contribution in [2.75, 3.05) is 19.6 Å². The van der Waals surface area contributed by atoms with Gasteiger partial charge in [0.2, 0.25) is 0 Å². The van der Waals surface area contributed by atoms with Gasteiger partial charge in [-0.3, -0.25) is 4.90 Å². The van der Waals surface area contributed by atoms with E-state index in [-0.39, 0.29) is 6.09 Å². The molecule has 122 valence electrons. The van der Waals surface area contributed by atoms with Crippen LogP contribution in [0.3, 0.4) is 0 Å². The van der Waals surface area contributed by atoms with Crippen molar-refractivity contribution in [1.29, 1.82) is 0 Å². The van der Waals surface area contributed by atoms with Crippen molar-refractivity contribution in [2.45, 2.75) is 77.1 Å². The molecule has 5 heteroatoms. The fraction of sp³-hybridized carbons (Fsp3) is 0.938. The van der Waals surface area contributed by atoms with Crippen LogP contribution in [-0.4, -0.2) is 54.4 Å². The van der Waals surface area contributed by atoms with Crippen molar-refractivity contribution in [3.8, 4) is 0 Å². The van der Waals surface area contributed by atoms with E-state index in [1.54, 1.807) is 0 Å². The number of carbonyl (C=O) groups excluding carboxylic acids is 1. The Hall–Kier alpha value is -0.810. The van der Waals surface area contributed by atoms with Crippen LogP contribution in [0.1, 0.15) is 53.4 Å². The molecule has 0 spiro atoms. The summed E-state index contributed by atoms with van der Waals surface area (Å²) in [5.74, 6) is 0. The van der Waals surface area contributed by atoms with Gasteiger partial charge in [0.05, 0.1) is 0 Å². The molecule has 0 bridgehead atoms. The minimum Gasteiger partial charge on any atom is -0.444 e. The maximum atomic E-state index is 11.7. The standard InChI is InChI=1S/C16H31N3O2/c1-5-12(11-17-15(20)21-16(2,3)4)18-13-8-10-19-9-6-7-14(13)19/h12-14,18H,5-11H2,1-4H3,(H,17,20). The Morgan fingerprint density at radius 1 is 1.33 bits per heavy atom. The number of nitrogens with one attached hydrogen (secondary N) is 2. The monoisotopic (exact) mass is 297 g/mol. The first-order valence-corrected chi connectivity index (χ1v) is 8.36. The minimum absolute atomic E-state index is 0.322. The van der Waals surface area contributed by atoms with Crippen LogP contribution in [0, 0.1) is 0 Å². The van der Waals surface area contributed by atoms with Gasteiger partial charge in [0.25, 0.3) is 0 Å². The van der Waals surface area contributed by atoms with Gasteiger partial charge in [0.1, 0.15) is 5.60 Å². The Bertz CT molecular complexity index is 354. The molecule has 2 heterocycles. The summed E-state index contributed by atoms with van der Waals surface area (Å²) in [5.41, 5.74) is -0.435. The maximum Gasteiger partial charge on any atom is 0.407 e. The molecule has 2 aliphatic rings. The van der Waals surface area contributed by atoms with Crippen molar-refractivity contribution >= 4 is 6.09 Å². The molecule has 0 aliphatic carbocycles. The van der Waals surface area contributed by atoms with E-state index >= 15 is 0 Å². The van der Waals surface area contributed by atoms with Crippen LogP contribution in [0.4, 0.5) is 4.79 Å². The molecule has 0 radical (unpaired) electrons. The zero-order valence-electron chi connectivity index (χ0n) is 13.9. The summed E-state index contributed by atoms with van der Waals surface area (Å²) < 4.78 is 5.29. The van der Waals surface area contributed by atoms with Crippen molar-refractivity contribution in [2.24, 2.45) is 0 Å². The fourth-order valence-corrected chi connectivity index (χ4v) is 3.42. The largest absolute Gasteiger partial charge is 0.444 e. The van der Waals surface area contributed by atoms with Crippen LogP contribution >= 0.6 is 0 Å². The number of rotatable bonds is 5. The lowest BCUT2D eigenvalue weighted by Crippen LogP contribution is -2.49. The molecule has 0 aromatic carbocycles. The summed E-state index contributed by atoms with van der Waals surface area (Å²) in [4.78, 5) is 14.3. The molecule has 2 fully saturated rings. The SMILES string of the molecule is CCC(CNC(=O)OC(C)(C)C)NC1CCN2CCCC12. The van der Waals surface area contributed by atoms with Gasteiger partial charge >= 0.3 is 6.09 Å². The lowest BCUT2D eigenvalue weighted by Gasteiger charge is -2.27. The molecule has 0 aromatic heterocycles. The number of carbonyl (C=O) groups is 1. The highest BCUT2D eigenvalue weighted by Crippen LogP contribution is 2.28. The summed E-state index contributed by atoms with van der Waals surface area (Å²) in [6.45, 7) is 10.9. The second-order valence-electron chi connectivity index (χ2n) is 7.30. The normalized spacial score (nSPS) is 27.4. The smallest absolute Gasteiger partial charge is 0.407 e. The second kappa shape index (κ2) is 6.97. The Balaban J connectivity index is 1.74. The highest BCUT2D eigenvalue weighted by Gasteiger charge is 2.37. The molecule has 2 saturated heterocycles. The number of amides is 1. The van der Waals surface area contributed by atoms with Crippen molar-refractivity contribution in [1.82, 2.24) is 15.5 Å². The molecule has 2 rings (SSSR count). The van der Waals surface area contributed by atoms with Crippen LogP contribution in [-0.2, 0) is 4.74 Å². The van der Waals surface area contributed by atoms with E-state index in [0.717, 1.165) is 6.42 Å². The molecule has 3 unspecified atom stereocenters. The van der Waals surface area contributed by atoms with E-state index in [4.69, 9.17) is 4.74 Å². The Morgan fingerprint density at radius 3 is 2.76 bits per heavy atom. The van der Waals surface area contributed by atoms with E-state index in [2.05, 4.69) is 22.5 Å². The first kappa shape index (κ1) is 16.6. The van der Waals surface area contributed by atoms with E-state index in [1.165, 1.54) is 32.4 Å². The molecule has 2 N–H and O–H groups in total. The van der Waals surface area contributed by atoms with Crippen LogP contribution in [0.15, 0.2) is 0 Å². The molecular weight excluding hydrogens is 266 g/mol. The maximum absolute atomic E-state index is 11.7. The number of hydrogen-bond acceptors (Lipinski definition) is 4. The molecule has 2 aliphatic heterocycles. The van der Waals surface area contributed by atoms with Crippen molar-refractivity contribution in [3.05, 3.63) is 0 Å². The molecule has 1 amide bonds. The first-order chi connectivity index (χ1) is 9.89. The van der Waals surface area contributed by atoms with Gasteiger partial charge in [-0.2, -0.15) is 0 Å². The molecule has 21 heavy (non-hydrogen) atoms. The Kier molecular flexibility index (Phi) is 5.49. The summed E-state index contributed by atoms with van der Waals surface area (Å²) in [7, 11) is 0. The third-order valence-corrected chi connectivity index (χ3v) is 4.44. The summed E-state index contributed by atoms with van der Waals surface area (Å²) >= 11 is 0. The zero-order chi connectivity index (χ0) is 15.5. The lowest BCUT2D eigenvalue weighted by molar-refractivity contribution is 0.0521. The number of hydrogen-bond donors (Lipinski definition) is 2. The summed E-state index contributed by atoms with van der Waals surface area (Å²) in [6.07, 6.45) is 4.56. The van der Waals surface area contributed by atoms with Crippen LogP contribution < -0.4 is 10.6 Å². The topological polar surface area (TPSA) is 53.6 Å². The van der Waals surface area contributed by atoms with Gasteiger partial charge < -0.3 is 15.4 Å². The average Bonchev–Trinajstić information content (AvgIpc) is 2.96. The predicted octanol–water partition coefficient (Wildman–Crippen LogP) is 2.12. The fourth-order valence-electron chi connectivity index (χ4n) is 3.42. The predicted molar refractivity (Wildman–Crippen MR) is 84.5 cm³/mol. The van der Waals surface area contributed by atoms with E-state index < -0.39 is 5.60 Å². The molecule has 3 atom stereocenters. The van der Waals surface area contributed by atoms with Gasteiger partial charge in [-0.05, 0) is 53.0 Å². The molecule has 0 saturated carbocycles. The quantitative estimate of drug-likeness (QED) is 0.816. The Labute approximate surface area is 128 Å². The summed E-state index contributed by atoms with van der Waals surface area (Å²) in [5, 5.41) is 6.63. The van der Waals surface area contributed by atoms with Crippen LogP contribution in [0.25, 0.3) is 0 Å². The number of fused-ring (bicyclic) bond motifs is 1. The van der Waals surface area contributed by atoms with Crippen LogP contribution in [0.2, 0.25) is 0 Å². The van der Waals surface area contributed by atoms with Gasteiger partial charge in [-0.25, -0.2) is 4.79 Å². The van der Waals surface area contributed by atoms with Crippen molar-refractivity contribution < 1.29 is 9.53 Å². The third-order valence-electron chi connectivity index (χ3n) is 4.44. The molecule has 0 aromatic rings. The Morgan fingerprint density at radius 2 is 2.10 bits per heavy atom. The lowest BCUT2D eigenvalue weighted by atomic mass is 10.0. The number of ether oxygens (including phenoxy) is 1. The summed E-state index contributed by atoms with van der Waals surface area (Å²) in [6, 6.07) is 1.61. The number of alkyl carbamates (subject to hydrolysis) is 1. The zero-order valence-corrected chi connectivity index (χ0v) is 13.9. The second-order valence-corrected chi connectivity index (χ2v) is 7.30. The highest BCUT2D eigenvalue weighted by atomic mass is 16.6. The van der Waals surface area contributed by atoms with Gasteiger partial charge in [-0.1, -0.05) is 6.92 Å². The molecule has 5 nitrogen and oxygen atoms in total. The minimum atomic E-state index is -0.435. The highest BCUT2D eigenvalue weighted by molar-refractivity contribution is 5.67. The first-order valence-electron chi connectivity index (χ1n) is 8.36. The average molecular weight is 297 g/mol.